The van der Waals surface area contributed by atoms with Crippen molar-refractivity contribution in [3.05, 3.63) is 80.9 Å². The van der Waals surface area contributed by atoms with Gasteiger partial charge < -0.3 is 5.32 Å². The molecule has 2 aromatic rings. The van der Waals surface area contributed by atoms with E-state index in [0.29, 0.717) is 12.8 Å². The summed E-state index contributed by atoms with van der Waals surface area (Å²) < 4.78 is 56.9. The lowest BCUT2D eigenvalue weighted by Crippen LogP contribution is -2.53. The number of likely N-dealkylation sites (tertiary alicyclic amines) is 1. The fraction of sp³-hybridized carbons (Fsp3) is 0.467. The van der Waals surface area contributed by atoms with Crippen LogP contribution in [0, 0.1) is 23.0 Å². The summed E-state index contributed by atoms with van der Waals surface area (Å²) in [6.45, 7) is 6.27. The van der Waals surface area contributed by atoms with Crippen LogP contribution in [0.15, 0.2) is 48.0 Å². The fourth-order valence-corrected chi connectivity index (χ4v) is 7.51. The Kier molecular flexibility index (Phi) is 9.70. The Morgan fingerprint density at radius 1 is 1.19 bits per heavy atom. The molecule has 2 aliphatic heterocycles. The lowest BCUT2D eigenvalue weighted by Gasteiger charge is -2.35. The number of nitrogens with zero attached hydrogens (tertiary/aromatic N) is 3. The highest BCUT2D eigenvalue weighted by atomic mass is 35.5. The normalized spacial score (nSPS) is 25.6. The van der Waals surface area contributed by atoms with Crippen LogP contribution in [0.5, 0.6) is 0 Å². The van der Waals surface area contributed by atoms with Gasteiger partial charge in [0.1, 0.15) is 17.0 Å². The molecule has 0 radical (unpaired) electrons. The van der Waals surface area contributed by atoms with Gasteiger partial charge in [0.05, 0.1) is 23.4 Å². The number of allylic oxidation sites excluding steroid dienone is 1. The third-order valence-corrected chi connectivity index (χ3v) is 10.3. The van der Waals surface area contributed by atoms with Crippen LogP contribution in [-0.2, 0) is 20.2 Å². The second kappa shape index (κ2) is 12.6. The first kappa shape index (κ1) is 32.4. The molecule has 2 aliphatic rings. The Bertz CT molecular complexity index is 1540. The van der Waals surface area contributed by atoms with Crippen LogP contribution in [-0.4, -0.2) is 67.5 Å². The van der Waals surface area contributed by atoms with E-state index in [1.165, 1.54) is 28.6 Å². The van der Waals surface area contributed by atoms with Crippen molar-refractivity contribution in [1.29, 1.82) is 5.26 Å². The molecule has 1 N–H and O–H groups in total. The van der Waals surface area contributed by atoms with Crippen LogP contribution >= 0.6 is 23.2 Å². The van der Waals surface area contributed by atoms with Gasteiger partial charge in [-0.05, 0) is 57.4 Å². The molecule has 2 heterocycles. The first-order valence-corrected chi connectivity index (χ1v) is 16.3. The van der Waals surface area contributed by atoms with E-state index in [0.717, 1.165) is 17.9 Å². The number of sulfonamides is 1. The van der Waals surface area contributed by atoms with Gasteiger partial charge in [-0.2, -0.15) is 5.26 Å². The van der Waals surface area contributed by atoms with Gasteiger partial charge in [-0.1, -0.05) is 53.1 Å². The number of carbonyl (C=O) groups excluding carboxylic acids is 1. The van der Waals surface area contributed by atoms with E-state index in [9.17, 15) is 18.5 Å². The first-order valence-electron chi connectivity index (χ1n) is 13.7. The van der Waals surface area contributed by atoms with Crippen LogP contribution in [0.25, 0.3) is 0 Å². The molecule has 1 amide bonds. The van der Waals surface area contributed by atoms with Gasteiger partial charge >= 0.3 is 0 Å². The Labute approximate surface area is 256 Å². The van der Waals surface area contributed by atoms with Crippen molar-refractivity contribution >= 4 is 39.1 Å². The molecule has 226 valence electrons. The van der Waals surface area contributed by atoms with Crippen LogP contribution in [0.4, 0.5) is 8.78 Å². The minimum atomic E-state index is -3.36. The molecule has 4 atom stereocenters. The molecule has 0 aromatic heterocycles. The lowest BCUT2D eigenvalue weighted by atomic mass is 9.65. The predicted molar refractivity (Wildman–Crippen MR) is 160 cm³/mol. The third kappa shape index (κ3) is 6.08. The molecule has 4 rings (SSSR count). The van der Waals surface area contributed by atoms with E-state index in [1.807, 2.05) is 19.9 Å². The molecule has 0 aliphatic carbocycles. The van der Waals surface area contributed by atoms with E-state index < -0.39 is 51.0 Å². The van der Waals surface area contributed by atoms with Crippen molar-refractivity contribution in [1.82, 2.24) is 14.5 Å². The van der Waals surface area contributed by atoms with Crippen molar-refractivity contribution in [3.63, 3.8) is 0 Å². The summed E-state index contributed by atoms with van der Waals surface area (Å²) in [5.74, 6) is -3.14. The summed E-state index contributed by atoms with van der Waals surface area (Å²) in [4.78, 5) is 16.1. The second-order valence-electron chi connectivity index (χ2n) is 11.3. The molecular weight excluding hydrogens is 605 g/mol. The van der Waals surface area contributed by atoms with Gasteiger partial charge in [-0.3, -0.25) is 9.69 Å². The average molecular weight is 640 g/mol. The van der Waals surface area contributed by atoms with Gasteiger partial charge in [-0.25, -0.2) is 21.5 Å². The van der Waals surface area contributed by atoms with E-state index >= 15 is 8.78 Å². The topological polar surface area (TPSA) is 93.5 Å². The van der Waals surface area contributed by atoms with Crippen molar-refractivity contribution in [2.75, 3.05) is 25.9 Å². The van der Waals surface area contributed by atoms with Gasteiger partial charge in [-0.15, -0.1) is 0 Å². The maximum Gasteiger partial charge on any atom is 0.238 e. The van der Waals surface area contributed by atoms with E-state index in [2.05, 4.69) is 11.4 Å². The zero-order valence-corrected chi connectivity index (χ0v) is 26.2. The largest absolute Gasteiger partial charge is 0.352 e. The maximum absolute atomic E-state index is 15.9. The smallest absolute Gasteiger partial charge is 0.238 e. The molecule has 12 heteroatoms. The Hall–Kier alpha value is -2.55. The van der Waals surface area contributed by atoms with Crippen molar-refractivity contribution in [2.45, 2.75) is 63.1 Å². The molecule has 0 unspecified atom stereocenters. The number of hydrogen-bond acceptors (Lipinski definition) is 5. The molecule has 0 saturated carbocycles. The molecule has 0 bridgehead atoms. The fourth-order valence-electron chi connectivity index (χ4n) is 6.30. The number of nitriles is 1. The van der Waals surface area contributed by atoms with Gasteiger partial charge in [0.2, 0.25) is 15.9 Å². The molecular formula is C30H34Cl2F2N4O3S. The van der Waals surface area contributed by atoms with Crippen LogP contribution in [0.1, 0.15) is 50.7 Å². The third-order valence-electron chi connectivity index (χ3n) is 8.45. The number of amides is 1. The SMILES string of the molecule is CC(C)=CCN1[C@@H](C(=O)NC2CCN(S(C)(=O)=O)CC2)[C@H](c2cccc(Cl)c2F)[C@@](C#N)(c2ccc(Cl)cc2F)[C@H]1C. The number of benzene rings is 2. The summed E-state index contributed by atoms with van der Waals surface area (Å²) in [5, 5.41) is 13.9. The molecule has 2 aromatic carbocycles. The number of hydrogen-bond donors (Lipinski definition) is 1. The molecule has 42 heavy (non-hydrogen) atoms. The highest BCUT2D eigenvalue weighted by Crippen LogP contribution is 2.54. The van der Waals surface area contributed by atoms with Crippen molar-refractivity contribution < 1.29 is 22.0 Å². The summed E-state index contributed by atoms with van der Waals surface area (Å²) in [7, 11) is -3.36. The zero-order valence-electron chi connectivity index (χ0n) is 23.9. The Balaban J connectivity index is 1.87. The van der Waals surface area contributed by atoms with E-state index in [1.54, 1.807) is 17.9 Å². The summed E-state index contributed by atoms with van der Waals surface area (Å²) in [5.41, 5.74) is -0.716. The second-order valence-corrected chi connectivity index (χ2v) is 14.1. The average Bonchev–Trinajstić information content (AvgIpc) is 3.17. The van der Waals surface area contributed by atoms with Crippen molar-refractivity contribution in [3.8, 4) is 6.07 Å². The molecule has 7 nitrogen and oxygen atoms in total. The first-order chi connectivity index (χ1) is 19.7. The van der Waals surface area contributed by atoms with Gasteiger partial charge in [0.15, 0.2) is 0 Å². The van der Waals surface area contributed by atoms with Gasteiger partial charge in [0, 0.05) is 48.2 Å². The summed E-state index contributed by atoms with van der Waals surface area (Å²) >= 11 is 12.3. The van der Waals surface area contributed by atoms with Crippen LogP contribution in [0.2, 0.25) is 10.0 Å². The Morgan fingerprint density at radius 3 is 2.43 bits per heavy atom. The number of nitrogens with one attached hydrogen (secondary N) is 1. The highest BCUT2D eigenvalue weighted by Gasteiger charge is 2.63. The highest BCUT2D eigenvalue weighted by molar-refractivity contribution is 7.88. The van der Waals surface area contributed by atoms with E-state index in [-0.39, 0.29) is 46.8 Å². The minimum absolute atomic E-state index is 0.00485. The molecule has 0 spiro atoms. The summed E-state index contributed by atoms with van der Waals surface area (Å²) in [6.07, 6.45) is 3.83. The predicted octanol–water partition coefficient (Wildman–Crippen LogP) is 5.40. The number of rotatable bonds is 7. The number of piperidine rings is 1. The summed E-state index contributed by atoms with van der Waals surface area (Å²) in [6, 6.07) is 8.54. The zero-order chi connectivity index (χ0) is 31.0. The molecule has 2 saturated heterocycles. The van der Waals surface area contributed by atoms with E-state index in [4.69, 9.17) is 23.2 Å². The number of carbonyl (C=O) groups is 1. The maximum atomic E-state index is 15.9. The minimum Gasteiger partial charge on any atom is -0.352 e. The molecule has 2 fully saturated rings. The van der Waals surface area contributed by atoms with Crippen LogP contribution < -0.4 is 5.32 Å². The lowest BCUT2D eigenvalue weighted by molar-refractivity contribution is -0.127. The number of halogens is 4. The van der Waals surface area contributed by atoms with Crippen LogP contribution in [0.3, 0.4) is 0 Å². The van der Waals surface area contributed by atoms with Gasteiger partial charge in [0.25, 0.3) is 0 Å². The van der Waals surface area contributed by atoms with Crippen molar-refractivity contribution in [2.24, 2.45) is 0 Å². The Morgan fingerprint density at radius 2 is 1.86 bits per heavy atom. The standard InChI is InChI=1S/C30H34Cl2F2N4O3S/c1-18(2)10-15-38-19(3)30(17-35,23-9-8-20(31)16-25(23)33)26(22-6-5-7-24(32)27(22)34)28(38)29(39)36-21-11-13-37(14-12-21)42(4,40)41/h5-10,16,19,21,26,28H,11-15H2,1-4H3,(H,36,39)/t19-,26+,28-,30-/m1/s1. The quantitative estimate of drug-likeness (QED) is 0.410. The monoisotopic (exact) mass is 638 g/mol.